The van der Waals surface area contributed by atoms with Crippen molar-refractivity contribution in [3.8, 4) is 0 Å². The summed E-state index contributed by atoms with van der Waals surface area (Å²) < 4.78 is 1.51. The van der Waals surface area contributed by atoms with Crippen molar-refractivity contribution in [2.24, 2.45) is 17.3 Å². The topological polar surface area (TPSA) is 98.9 Å². The van der Waals surface area contributed by atoms with Crippen LogP contribution in [0.4, 0.5) is 5.82 Å². The summed E-state index contributed by atoms with van der Waals surface area (Å²) in [7, 11) is 0. The van der Waals surface area contributed by atoms with Crippen LogP contribution in [0.3, 0.4) is 0 Å². The van der Waals surface area contributed by atoms with E-state index in [4.69, 9.17) is 0 Å². The molecule has 2 unspecified atom stereocenters. The van der Waals surface area contributed by atoms with Gasteiger partial charge in [-0.15, -0.1) is 0 Å². The molecule has 8 nitrogen and oxygen atoms in total. The van der Waals surface area contributed by atoms with Crippen molar-refractivity contribution < 1.29 is 15.0 Å². The zero-order valence-corrected chi connectivity index (χ0v) is 21.1. The molecule has 3 fully saturated rings. The van der Waals surface area contributed by atoms with Crippen LogP contribution in [0.1, 0.15) is 78.6 Å². The molecule has 0 bridgehead atoms. The van der Waals surface area contributed by atoms with E-state index in [2.05, 4.69) is 11.9 Å². The molecule has 4 rings (SSSR count). The number of amides is 1. The van der Waals surface area contributed by atoms with E-state index in [0.29, 0.717) is 44.2 Å². The fourth-order valence-corrected chi connectivity index (χ4v) is 6.18. The standard InChI is InChI=1S/C26H42N4O4/c1-19(14-20-8-5-4-6-9-20)24(33)28-13-11-26(34,25(2,3)17-28)18-29-16-21(27-15-23(29)32)30-12-7-10-22(30)31/h15-16,19-20,22,31,34H,4-14,17-18H2,1-3H3/t19-,22?,26?/m1/s1. The van der Waals surface area contributed by atoms with Crippen molar-refractivity contribution in [1.29, 1.82) is 0 Å². The zero-order chi connectivity index (χ0) is 24.5. The van der Waals surface area contributed by atoms with Crippen LogP contribution in [0.15, 0.2) is 17.2 Å². The minimum Gasteiger partial charge on any atom is -0.387 e. The van der Waals surface area contributed by atoms with Crippen molar-refractivity contribution in [2.45, 2.75) is 96.9 Å². The van der Waals surface area contributed by atoms with Gasteiger partial charge < -0.3 is 24.6 Å². The van der Waals surface area contributed by atoms with Gasteiger partial charge in [0.1, 0.15) is 12.0 Å². The zero-order valence-electron chi connectivity index (χ0n) is 21.1. The fraction of sp³-hybridized carbons (Fsp3) is 0.808. The molecule has 3 aliphatic rings. The number of hydrogen-bond acceptors (Lipinski definition) is 6. The molecule has 1 amide bonds. The molecule has 2 saturated heterocycles. The Kier molecular flexibility index (Phi) is 7.38. The number of carbonyl (C=O) groups is 1. The Hall–Kier alpha value is -1.93. The molecule has 1 aromatic rings. The van der Waals surface area contributed by atoms with Crippen molar-refractivity contribution in [3.05, 3.63) is 22.7 Å². The van der Waals surface area contributed by atoms with E-state index in [9.17, 15) is 19.8 Å². The first-order valence-corrected chi connectivity index (χ1v) is 13.1. The molecule has 0 spiro atoms. The van der Waals surface area contributed by atoms with E-state index >= 15 is 0 Å². The van der Waals surface area contributed by atoms with Crippen LogP contribution in [0.5, 0.6) is 0 Å². The van der Waals surface area contributed by atoms with Crippen molar-refractivity contribution in [2.75, 3.05) is 24.5 Å². The lowest BCUT2D eigenvalue weighted by atomic mass is 9.69. The van der Waals surface area contributed by atoms with Crippen molar-refractivity contribution >= 4 is 11.7 Å². The third-order valence-corrected chi connectivity index (χ3v) is 8.60. The van der Waals surface area contributed by atoms with Gasteiger partial charge in [-0.25, -0.2) is 4.98 Å². The first-order chi connectivity index (χ1) is 16.1. The molecule has 1 saturated carbocycles. The molecule has 2 N–H and O–H groups in total. The number of likely N-dealkylation sites (tertiary alicyclic amines) is 1. The van der Waals surface area contributed by atoms with E-state index in [1.165, 1.54) is 42.9 Å². The Morgan fingerprint density at radius 3 is 2.56 bits per heavy atom. The molecule has 0 radical (unpaired) electrons. The Balaban J connectivity index is 1.43. The molecule has 34 heavy (non-hydrogen) atoms. The van der Waals surface area contributed by atoms with Crippen molar-refractivity contribution in [3.63, 3.8) is 0 Å². The molecule has 1 aliphatic carbocycles. The summed E-state index contributed by atoms with van der Waals surface area (Å²) >= 11 is 0. The number of aliphatic hydroxyl groups is 2. The highest BCUT2D eigenvalue weighted by molar-refractivity contribution is 5.78. The molecular weight excluding hydrogens is 432 g/mol. The van der Waals surface area contributed by atoms with E-state index in [0.717, 1.165) is 12.8 Å². The predicted molar refractivity (Wildman–Crippen MR) is 131 cm³/mol. The first-order valence-electron chi connectivity index (χ1n) is 13.1. The average Bonchev–Trinajstić information content (AvgIpc) is 3.23. The maximum atomic E-state index is 13.3. The van der Waals surface area contributed by atoms with Crippen LogP contribution >= 0.6 is 0 Å². The molecule has 0 aromatic carbocycles. The summed E-state index contributed by atoms with van der Waals surface area (Å²) in [5.41, 5.74) is -1.99. The van der Waals surface area contributed by atoms with Crippen LogP contribution in [0.2, 0.25) is 0 Å². The summed E-state index contributed by atoms with van der Waals surface area (Å²) in [6, 6.07) is 0. The van der Waals surface area contributed by atoms with Gasteiger partial charge in [0.2, 0.25) is 5.91 Å². The lowest BCUT2D eigenvalue weighted by Crippen LogP contribution is -2.61. The highest BCUT2D eigenvalue weighted by atomic mass is 16.3. The Morgan fingerprint density at radius 1 is 1.18 bits per heavy atom. The lowest BCUT2D eigenvalue weighted by Gasteiger charge is -2.51. The normalized spacial score (nSPS) is 28.8. The summed E-state index contributed by atoms with van der Waals surface area (Å²) in [5, 5.41) is 21.9. The van der Waals surface area contributed by atoms with Crippen LogP contribution in [0, 0.1) is 17.3 Å². The second-order valence-corrected chi connectivity index (χ2v) is 11.6. The highest BCUT2D eigenvalue weighted by Crippen LogP contribution is 2.41. The summed E-state index contributed by atoms with van der Waals surface area (Å²) in [5.74, 6) is 1.40. The summed E-state index contributed by atoms with van der Waals surface area (Å²) in [4.78, 5) is 33.8. The van der Waals surface area contributed by atoms with Crippen molar-refractivity contribution in [1.82, 2.24) is 14.5 Å². The van der Waals surface area contributed by atoms with Crippen LogP contribution in [-0.2, 0) is 11.3 Å². The van der Waals surface area contributed by atoms with Crippen LogP contribution in [0.25, 0.3) is 0 Å². The number of piperidine rings is 1. The minimum absolute atomic E-state index is 0.00218. The number of rotatable bonds is 6. The van der Waals surface area contributed by atoms with E-state index in [1.54, 1.807) is 11.1 Å². The summed E-state index contributed by atoms with van der Waals surface area (Å²) in [6.45, 7) is 7.80. The summed E-state index contributed by atoms with van der Waals surface area (Å²) in [6.07, 6.45) is 11.6. The molecule has 8 heteroatoms. The largest absolute Gasteiger partial charge is 0.387 e. The fourth-order valence-electron chi connectivity index (χ4n) is 6.18. The smallest absolute Gasteiger partial charge is 0.269 e. The van der Waals surface area contributed by atoms with Gasteiger partial charge in [-0.1, -0.05) is 52.9 Å². The quantitative estimate of drug-likeness (QED) is 0.658. The molecule has 190 valence electrons. The second-order valence-electron chi connectivity index (χ2n) is 11.6. The van der Waals surface area contributed by atoms with Gasteiger partial charge in [-0.3, -0.25) is 9.59 Å². The SMILES string of the molecule is C[C@H](CC1CCCCC1)C(=O)N1CCC(O)(Cn2cc(N3CCCC3O)ncc2=O)C(C)(C)C1. The van der Waals surface area contributed by atoms with E-state index in [-0.39, 0.29) is 23.9 Å². The maximum Gasteiger partial charge on any atom is 0.269 e. The highest BCUT2D eigenvalue weighted by Gasteiger charge is 2.49. The number of anilines is 1. The third kappa shape index (κ3) is 5.18. The van der Waals surface area contributed by atoms with E-state index in [1.807, 2.05) is 18.7 Å². The van der Waals surface area contributed by atoms with Gasteiger partial charge in [-0.2, -0.15) is 0 Å². The number of aromatic nitrogens is 2. The Labute approximate surface area is 203 Å². The van der Waals surface area contributed by atoms with Gasteiger partial charge in [-0.05, 0) is 31.6 Å². The van der Waals surface area contributed by atoms with Gasteiger partial charge in [0.15, 0.2) is 0 Å². The second kappa shape index (κ2) is 9.97. The van der Waals surface area contributed by atoms with Gasteiger partial charge in [0, 0.05) is 37.2 Å². The van der Waals surface area contributed by atoms with Crippen LogP contribution < -0.4 is 10.5 Å². The predicted octanol–water partition coefficient (Wildman–Crippen LogP) is 2.76. The number of aliphatic hydroxyl groups excluding tert-OH is 1. The molecule has 2 aliphatic heterocycles. The lowest BCUT2D eigenvalue weighted by molar-refractivity contribution is -0.157. The van der Waals surface area contributed by atoms with E-state index < -0.39 is 17.2 Å². The van der Waals surface area contributed by atoms with Crippen LogP contribution in [-0.4, -0.2) is 62.0 Å². The Bertz CT molecular complexity index is 926. The maximum absolute atomic E-state index is 13.3. The third-order valence-electron chi connectivity index (χ3n) is 8.60. The average molecular weight is 475 g/mol. The minimum atomic E-state index is -1.14. The number of carbonyl (C=O) groups excluding carboxylic acids is 1. The Morgan fingerprint density at radius 2 is 1.91 bits per heavy atom. The number of hydrogen-bond donors (Lipinski definition) is 2. The van der Waals surface area contributed by atoms with Gasteiger partial charge in [0.05, 0.1) is 18.3 Å². The molecule has 3 atom stereocenters. The molecular formula is C26H42N4O4. The molecule has 1 aromatic heterocycles. The molecule has 3 heterocycles. The van der Waals surface area contributed by atoms with Gasteiger partial charge >= 0.3 is 0 Å². The monoisotopic (exact) mass is 474 g/mol. The number of nitrogens with zero attached hydrogens (tertiary/aromatic N) is 4. The van der Waals surface area contributed by atoms with Gasteiger partial charge in [0.25, 0.3) is 5.56 Å². The first kappa shape index (κ1) is 25.2.